The quantitative estimate of drug-likeness (QED) is 0.620. The van der Waals surface area contributed by atoms with Crippen LogP contribution in [0.15, 0.2) is 16.9 Å². The Labute approximate surface area is 182 Å². The number of hydrogen-bond donors (Lipinski definition) is 1. The molecule has 0 aliphatic heterocycles. The van der Waals surface area contributed by atoms with Crippen molar-refractivity contribution in [2.45, 2.75) is 78.4 Å². The highest BCUT2D eigenvalue weighted by molar-refractivity contribution is 5.97. The molecule has 1 aromatic carbocycles. The van der Waals surface area contributed by atoms with Crippen molar-refractivity contribution in [3.8, 4) is 11.4 Å². The van der Waals surface area contributed by atoms with Crippen molar-refractivity contribution in [1.29, 1.82) is 0 Å². The molecule has 7 nitrogen and oxygen atoms in total. The summed E-state index contributed by atoms with van der Waals surface area (Å²) in [6.45, 7) is 7.81. The lowest BCUT2D eigenvalue weighted by Gasteiger charge is -2.20. The van der Waals surface area contributed by atoms with Gasteiger partial charge >= 0.3 is 5.69 Å². The monoisotopic (exact) mass is 432 g/mol. The Hall–Kier alpha value is -2.64. The van der Waals surface area contributed by atoms with Gasteiger partial charge in [-0.2, -0.15) is 4.68 Å². The highest BCUT2D eigenvalue weighted by Gasteiger charge is 2.27. The van der Waals surface area contributed by atoms with Crippen LogP contribution in [0.2, 0.25) is 0 Å². The molecule has 1 heterocycles. The molecular formula is C23H33FN4O3. The number of rotatable bonds is 10. The molecular weight excluding hydrogens is 399 g/mol. The van der Waals surface area contributed by atoms with Crippen LogP contribution < -0.4 is 15.7 Å². The summed E-state index contributed by atoms with van der Waals surface area (Å²) in [4.78, 5) is 25.5. The maximum atomic E-state index is 15.1. The predicted octanol–water partition coefficient (Wildman–Crippen LogP) is 3.76. The van der Waals surface area contributed by atoms with Gasteiger partial charge in [0.2, 0.25) is 0 Å². The lowest BCUT2D eigenvalue weighted by molar-refractivity contribution is 0.0927. The maximum absolute atomic E-state index is 15.1. The van der Waals surface area contributed by atoms with Crippen molar-refractivity contribution < 1.29 is 13.9 Å². The van der Waals surface area contributed by atoms with Gasteiger partial charge in [-0.05, 0) is 38.2 Å². The molecule has 1 aliphatic rings. The standard InChI is InChI=1S/C23H33FN4O3/c1-6-16(7-2)25-22(29)17-12-18(24)19(28-23(30)27(5)21(8-3)26-28)13-20(17)31-14(4)11-15-9-10-15/h12-16H,6-11H2,1-5H3,(H,25,29). The van der Waals surface area contributed by atoms with E-state index >= 15 is 4.39 Å². The third-order valence-electron chi connectivity index (χ3n) is 5.92. The van der Waals surface area contributed by atoms with Gasteiger partial charge in [0.15, 0.2) is 0 Å². The summed E-state index contributed by atoms with van der Waals surface area (Å²) in [7, 11) is 1.61. The topological polar surface area (TPSA) is 78.2 Å². The highest BCUT2D eigenvalue weighted by Crippen LogP contribution is 2.35. The largest absolute Gasteiger partial charge is 0.490 e. The minimum Gasteiger partial charge on any atom is -0.490 e. The molecule has 1 unspecified atom stereocenters. The number of aryl methyl sites for hydroxylation is 1. The Bertz CT molecular complexity index is 989. The van der Waals surface area contributed by atoms with Gasteiger partial charge in [0.05, 0.1) is 11.7 Å². The summed E-state index contributed by atoms with van der Waals surface area (Å²) in [6.07, 6.45) is 5.22. The molecule has 1 fully saturated rings. The zero-order valence-corrected chi connectivity index (χ0v) is 19.1. The first-order chi connectivity index (χ1) is 14.8. The first kappa shape index (κ1) is 23.0. The molecule has 0 radical (unpaired) electrons. The normalized spacial score (nSPS) is 14.7. The van der Waals surface area contributed by atoms with E-state index in [4.69, 9.17) is 4.74 Å². The smallest absolute Gasteiger partial charge is 0.350 e. The molecule has 1 amide bonds. The van der Waals surface area contributed by atoms with Gasteiger partial charge in [-0.3, -0.25) is 9.36 Å². The number of carbonyl (C=O) groups is 1. The number of halogens is 1. The molecule has 1 atom stereocenters. The number of amides is 1. The van der Waals surface area contributed by atoms with Crippen LogP contribution >= 0.6 is 0 Å². The molecule has 0 spiro atoms. The van der Waals surface area contributed by atoms with Gasteiger partial charge in [-0.25, -0.2) is 9.18 Å². The summed E-state index contributed by atoms with van der Waals surface area (Å²) < 4.78 is 23.7. The van der Waals surface area contributed by atoms with E-state index in [-0.39, 0.29) is 35.1 Å². The van der Waals surface area contributed by atoms with Crippen molar-refractivity contribution in [1.82, 2.24) is 19.7 Å². The van der Waals surface area contributed by atoms with Crippen molar-refractivity contribution in [2.75, 3.05) is 0 Å². The SMILES string of the molecule is CCc1nn(-c2cc(OC(C)CC3CC3)c(C(=O)NC(CC)CC)cc2F)c(=O)n1C. The van der Waals surface area contributed by atoms with Crippen molar-refractivity contribution >= 4 is 5.91 Å². The second-order valence-corrected chi connectivity index (χ2v) is 8.42. The van der Waals surface area contributed by atoms with E-state index in [0.29, 0.717) is 18.2 Å². The Morgan fingerprint density at radius 3 is 2.52 bits per heavy atom. The maximum Gasteiger partial charge on any atom is 0.350 e. The molecule has 31 heavy (non-hydrogen) atoms. The van der Waals surface area contributed by atoms with E-state index < -0.39 is 11.5 Å². The number of benzene rings is 1. The average Bonchev–Trinajstić information content (AvgIpc) is 3.51. The van der Waals surface area contributed by atoms with Crippen LogP contribution in [0.5, 0.6) is 5.75 Å². The summed E-state index contributed by atoms with van der Waals surface area (Å²) in [5.74, 6) is 0.380. The van der Waals surface area contributed by atoms with E-state index in [1.54, 1.807) is 7.05 Å². The molecule has 2 aromatic rings. The van der Waals surface area contributed by atoms with Gasteiger partial charge in [0.1, 0.15) is 23.1 Å². The Morgan fingerprint density at radius 1 is 1.29 bits per heavy atom. The van der Waals surface area contributed by atoms with Crippen LogP contribution in [0, 0.1) is 11.7 Å². The predicted molar refractivity (Wildman–Crippen MR) is 117 cm³/mol. The van der Waals surface area contributed by atoms with Crippen LogP contribution in [0.1, 0.15) is 76.0 Å². The number of carbonyl (C=O) groups excluding carboxylic acids is 1. The Morgan fingerprint density at radius 2 is 1.97 bits per heavy atom. The van der Waals surface area contributed by atoms with Crippen molar-refractivity contribution in [2.24, 2.45) is 13.0 Å². The van der Waals surface area contributed by atoms with E-state index in [0.717, 1.165) is 30.0 Å². The van der Waals surface area contributed by atoms with E-state index in [1.807, 2.05) is 27.7 Å². The third-order valence-corrected chi connectivity index (χ3v) is 5.92. The number of nitrogens with one attached hydrogen (secondary N) is 1. The first-order valence-electron chi connectivity index (χ1n) is 11.2. The number of ether oxygens (including phenoxy) is 1. The lowest BCUT2D eigenvalue weighted by Crippen LogP contribution is -2.34. The lowest BCUT2D eigenvalue weighted by atomic mass is 10.1. The second kappa shape index (κ2) is 9.66. The molecule has 0 bridgehead atoms. The number of aromatic nitrogens is 3. The van der Waals surface area contributed by atoms with E-state index in [9.17, 15) is 9.59 Å². The molecule has 1 saturated carbocycles. The summed E-state index contributed by atoms with van der Waals surface area (Å²) >= 11 is 0. The molecule has 170 valence electrons. The second-order valence-electron chi connectivity index (χ2n) is 8.42. The fraction of sp³-hybridized carbons (Fsp3) is 0.609. The molecule has 1 N–H and O–H groups in total. The van der Waals surface area contributed by atoms with Crippen LogP contribution in [0.25, 0.3) is 5.69 Å². The minimum atomic E-state index is -0.695. The van der Waals surface area contributed by atoms with E-state index in [2.05, 4.69) is 10.4 Å². The third kappa shape index (κ3) is 5.17. The number of nitrogens with zero attached hydrogens (tertiary/aromatic N) is 3. The fourth-order valence-corrected chi connectivity index (χ4v) is 3.77. The van der Waals surface area contributed by atoms with Gasteiger partial charge in [0.25, 0.3) is 5.91 Å². The number of hydrogen-bond acceptors (Lipinski definition) is 4. The van der Waals surface area contributed by atoms with Gasteiger partial charge in [-0.15, -0.1) is 5.10 Å². The molecule has 3 rings (SSSR count). The molecule has 8 heteroatoms. The zero-order valence-electron chi connectivity index (χ0n) is 19.1. The average molecular weight is 433 g/mol. The first-order valence-corrected chi connectivity index (χ1v) is 11.2. The fourth-order valence-electron chi connectivity index (χ4n) is 3.77. The van der Waals surface area contributed by atoms with Crippen molar-refractivity contribution in [3.63, 3.8) is 0 Å². The van der Waals surface area contributed by atoms with Gasteiger partial charge in [0, 0.05) is 25.6 Å². The Balaban J connectivity index is 2.03. The van der Waals surface area contributed by atoms with Gasteiger partial charge in [-0.1, -0.05) is 33.6 Å². The van der Waals surface area contributed by atoms with Crippen LogP contribution in [-0.2, 0) is 13.5 Å². The summed E-state index contributed by atoms with van der Waals surface area (Å²) in [5, 5.41) is 7.20. The highest BCUT2D eigenvalue weighted by atomic mass is 19.1. The minimum absolute atomic E-state index is 0.00232. The van der Waals surface area contributed by atoms with Crippen LogP contribution in [0.3, 0.4) is 0 Å². The Kier molecular flexibility index (Phi) is 7.18. The van der Waals surface area contributed by atoms with E-state index in [1.165, 1.54) is 23.5 Å². The van der Waals surface area contributed by atoms with Crippen molar-refractivity contribution in [3.05, 3.63) is 39.8 Å². The van der Waals surface area contributed by atoms with Gasteiger partial charge < -0.3 is 10.1 Å². The van der Waals surface area contributed by atoms with Crippen LogP contribution in [-0.4, -0.2) is 32.4 Å². The van der Waals surface area contributed by atoms with Crippen LogP contribution in [0.4, 0.5) is 4.39 Å². The zero-order chi connectivity index (χ0) is 22.7. The molecule has 0 saturated heterocycles. The molecule has 1 aliphatic carbocycles. The summed E-state index contributed by atoms with van der Waals surface area (Å²) in [5.41, 5.74) is -0.328. The molecule has 1 aromatic heterocycles. The summed E-state index contributed by atoms with van der Waals surface area (Å²) in [6, 6.07) is 2.57.